The monoisotopic (exact) mass is 460 g/mol. The molecule has 7 nitrogen and oxygen atoms in total. The number of pyridine rings is 1. The SMILES string of the molecule is COc1cn(C(CCOC(C)C)C(=O)OC(C)(C)C)c(=O)cc1-c1cc(Cl)ccc1C#N. The first-order chi connectivity index (χ1) is 15.0. The molecule has 0 amide bonds. The molecule has 0 N–H and O–H groups in total. The van der Waals surface area contributed by atoms with Crippen LogP contribution in [0.5, 0.6) is 5.75 Å². The fraction of sp³-hybridized carbons (Fsp3) is 0.458. The van der Waals surface area contributed by atoms with Crippen molar-refractivity contribution in [3.8, 4) is 22.9 Å². The second-order valence-electron chi connectivity index (χ2n) is 8.56. The van der Waals surface area contributed by atoms with E-state index in [2.05, 4.69) is 6.07 Å². The largest absolute Gasteiger partial charge is 0.495 e. The molecule has 1 unspecified atom stereocenters. The molecule has 0 aliphatic heterocycles. The van der Waals surface area contributed by atoms with E-state index < -0.39 is 23.2 Å². The van der Waals surface area contributed by atoms with E-state index >= 15 is 0 Å². The van der Waals surface area contributed by atoms with Crippen molar-refractivity contribution < 1.29 is 19.0 Å². The van der Waals surface area contributed by atoms with Crippen molar-refractivity contribution in [2.75, 3.05) is 13.7 Å². The number of halogens is 1. The Kier molecular flexibility index (Phi) is 8.48. The first-order valence-corrected chi connectivity index (χ1v) is 10.7. The van der Waals surface area contributed by atoms with E-state index in [0.29, 0.717) is 27.5 Å². The number of rotatable bonds is 8. The molecule has 0 radical (unpaired) electrons. The summed E-state index contributed by atoms with van der Waals surface area (Å²) in [4.78, 5) is 26.1. The molecule has 0 saturated heterocycles. The molecule has 172 valence electrons. The Hall–Kier alpha value is -2.82. The molecule has 0 aliphatic carbocycles. The lowest BCUT2D eigenvalue weighted by Gasteiger charge is -2.26. The van der Waals surface area contributed by atoms with Crippen molar-refractivity contribution in [1.82, 2.24) is 4.57 Å². The lowest BCUT2D eigenvalue weighted by molar-refractivity contribution is -0.160. The number of benzene rings is 1. The molecule has 1 atom stereocenters. The molecule has 2 aromatic rings. The maximum atomic E-state index is 13.1. The number of hydrogen-bond acceptors (Lipinski definition) is 6. The average Bonchev–Trinajstić information content (AvgIpc) is 2.69. The first kappa shape index (κ1) is 25.4. The number of nitriles is 1. The Morgan fingerprint density at radius 1 is 1.22 bits per heavy atom. The minimum atomic E-state index is -0.904. The molecule has 1 aromatic heterocycles. The van der Waals surface area contributed by atoms with Gasteiger partial charge >= 0.3 is 5.97 Å². The van der Waals surface area contributed by atoms with Gasteiger partial charge in [-0.25, -0.2) is 4.79 Å². The first-order valence-electron chi connectivity index (χ1n) is 10.3. The molecule has 0 bridgehead atoms. The minimum absolute atomic E-state index is 0.0184. The molecule has 0 fully saturated rings. The Morgan fingerprint density at radius 3 is 2.47 bits per heavy atom. The lowest BCUT2D eigenvalue weighted by atomic mass is 10.00. The van der Waals surface area contributed by atoms with Crippen LogP contribution in [0.3, 0.4) is 0 Å². The van der Waals surface area contributed by atoms with Gasteiger partial charge in [0.2, 0.25) is 0 Å². The summed E-state index contributed by atoms with van der Waals surface area (Å²) in [7, 11) is 1.45. The number of nitrogens with zero attached hydrogens (tertiary/aromatic N) is 2. The van der Waals surface area contributed by atoms with Crippen LogP contribution in [0.1, 0.15) is 52.6 Å². The smallest absolute Gasteiger partial charge is 0.329 e. The van der Waals surface area contributed by atoms with Gasteiger partial charge < -0.3 is 14.2 Å². The predicted molar refractivity (Wildman–Crippen MR) is 123 cm³/mol. The van der Waals surface area contributed by atoms with Gasteiger partial charge in [0.15, 0.2) is 0 Å². The zero-order valence-corrected chi connectivity index (χ0v) is 20.0. The number of ether oxygens (including phenoxy) is 3. The van der Waals surface area contributed by atoms with Gasteiger partial charge in [-0.05, 0) is 52.8 Å². The van der Waals surface area contributed by atoms with Crippen molar-refractivity contribution in [2.24, 2.45) is 0 Å². The number of esters is 1. The molecule has 1 aromatic carbocycles. The van der Waals surface area contributed by atoms with E-state index in [-0.39, 0.29) is 19.1 Å². The van der Waals surface area contributed by atoms with Crippen LogP contribution in [0.15, 0.2) is 35.3 Å². The fourth-order valence-electron chi connectivity index (χ4n) is 3.14. The van der Waals surface area contributed by atoms with Crippen LogP contribution in [0.4, 0.5) is 0 Å². The van der Waals surface area contributed by atoms with E-state index in [1.54, 1.807) is 39.0 Å². The summed E-state index contributed by atoms with van der Waals surface area (Å²) in [6, 6.07) is 7.31. The van der Waals surface area contributed by atoms with Gasteiger partial charge in [0.05, 0.1) is 31.0 Å². The van der Waals surface area contributed by atoms with Crippen LogP contribution in [0.2, 0.25) is 5.02 Å². The number of methoxy groups -OCH3 is 1. The molecule has 32 heavy (non-hydrogen) atoms. The number of carbonyl (C=O) groups excluding carboxylic acids is 1. The van der Waals surface area contributed by atoms with Crippen LogP contribution in [0, 0.1) is 11.3 Å². The van der Waals surface area contributed by atoms with Gasteiger partial charge in [-0.15, -0.1) is 0 Å². The fourth-order valence-corrected chi connectivity index (χ4v) is 3.31. The standard InChI is InChI=1S/C24H29ClN2O5/c1-15(2)31-10-9-20(23(29)32-24(3,4)5)27-14-21(30-6)19(12-22(27)28)18-11-17(25)8-7-16(18)13-26/h7-8,11-12,14-15,20H,9-10H2,1-6H3. The van der Waals surface area contributed by atoms with Gasteiger partial charge in [-0.3, -0.25) is 9.36 Å². The van der Waals surface area contributed by atoms with E-state index in [1.807, 2.05) is 13.8 Å². The van der Waals surface area contributed by atoms with Crippen LogP contribution < -0.4 is 10.3 Å². The second kappa shape index (κ2) is 10.7. The molecule has 0 aliphatic rings. The van der Waals surface area contributed by atoms with Gasteiger partial charge in [0.25, 0.3) is 5.56 Å². The van der Waals surface area contributed by atoms with Gasteiger partial charge in [0, 0.05) is 35.2 Å². The van der Waals surface area contributed by atoms with Gasteiger partial charge in [0.1, 0.15) is 17.4 Å². The highest BCUT2D eigenvalue weighted by molar-refractivity contribution is 6.31. The maximum absolute atomic E-state index is 13.1. The minimum Gasteiger partial charge on any atom is -0.495 e. The Bertz CT molecular complexity index is 1060. The summed E-state index contributed by atoms with van der Waals surface area (Å²) in [6.45, 7) is 9.35. The molecule has 0 saturated carbocycles. The summed E-state index contributed by atoms with van der Waals surface area (Å²) in [5, 5.41) is 9.90. The van der Waals surface area contributed by atoms with E-state index in [0.717, 1.165) is 0 Å². The molecular weight excluding hydrogens is 432 g/mol. The summed E-state index contributed by atoms with van der Waals surface area (Å²) in [5.41, 5.74) is 0.0702. The predicted octanol–water partition coefficient (Wildman–Crippen LogP) is 4.75. The van der Waals surface area contributed by atoms with E-state index in [9.17, 15) is 14.9 Å². The van der Waals surface area contributed by atoms with Crippen molar-refractivity contribution >= 4 is 17.6 Å². The summed E-state index contributed by atoms with van der Waals surface area (Å²) < 4.78 is 18.0. The van der Waals surface area contributed by atoms with Crippen molar-refractivity contribution in [3.05, 3.63) is 51.4 Å². The highest BCUT2D eigenvalue weighted by Crippen LogP contribution is 2.33. The highest BCUT2D eigenvalue weighted by Gasteiger charge is 2.28. The van der Waals surface area contributed by atoms with Crippen LogP contribution in [-0.2, 0) is 14.3 Å². The third kappa shape index (κ3) is 6.59. The van der Waals surface area contributed by atoms with E-state index in [1.165, 1.54) is 23.9 Å². The third-order valence-electron chi connectivity index (χ3n) is 4.51. The summed E-state index contributed by atoms with van der Waals surface area (Å²) in [6.07, 6.45) is 1.69. The Balaban J connectivity index is 2.58. The normalized spacial score (nSPS) is 12.3. The summed E-state index contributed by atoms with van der Waals surface area (Å²) >= 11 is 6.12. The van der Waals surface area contributed by atoms with Crippen LogP contribution in [-0.4, -0.2) is 36.0 Å². The highest BCUT2D eigenvalue weighted by atomic mass is 35.5. The third-order valence-corrected chi connectivity index (χ3v) is 4.75. The Labute approximate surface area is 193 Å². The number of hydrogen-bond donors (Lipinski definition) is 0. The molecular formula is C24H29ClN2O5. The van der Waals surface area contributed by atoms with Crippen molar-refractivity contribution in [2.45, 2.75) is 58.8 Å². The van der Waals surface area contributed by atoms with Crippen LogP contribution >= 0.6 is 11.6 Å². The molecule has 0 spiro atoms. The number of carbonyl (C=O) groups is 1. The zero-order chi connectivity index (χ0) is 24.1. The Morgan fingerprint density at radius 2 is 1.91 bits per heavy atom. The maximum Gasteiger partial charge on any atom is 0.329 e. The summed E-state index contributed by atoms with van der Waals surface area (Å²) in [5.74, 6) is -0.219. The average molecular weight is 461 g/mol. The molecule has 8 heteroatoms. The molecule has 2 rings (SSSR count). The van der Waals surface area contributed by atoms with E-state index in [4.69, 9.17) is 25.8 Å². The van der Waals surface area contributed by atoms with Gasteiger partial charge in [-0.2, -0.15) is 5.26 Å². The second-order valence-corrected chi connectivity index (χ2v) is 9.00. The quantitative estimate of drug-likeness (QED) is 0.528. The number of aromatic nitrogens is 1. The zero-order valence-electron chi connectivity index (χ0n) is 19.3. The van der Waals surface area contributed by atoms with Crippen molar-refractivity contribution in [1.29, 1.82) is 5.26 Å². The topological polar surface area (TPSA) is 90.5 Å². The van der Waals surface area contributed by atoms with Gasteiger partial charge in [-0.1, -0.05) is 11.6 Å². The lowest BCUT2D eigenvalue weighted by Crippen LogP contribution is -2.35. The molecule has 1 heterocycles. The van der Waals surface area contributed by atoms with Crippen LogP contribution in [0.25, 0.3) is 11.1 Å². The van der Waals surface area contributed by atoms with Crippen molar-refractivity contribution in [3.63, 3.8) is 0 Å².